The zero-order valence-corrected chi connectivity index (χ0v) is 11.2. The van der Waals surface area contributed by atoms with E-state index in [9.17, 15) is 18.4 Å². The van der Waals surface area contributed by atoms with Crippen molar-refractivity contribution < 1.29 is 17.9 Å². The van der Waals surface area contributed by atoms with Gasteiger partial charge in [0.2, 0.25) is 0 Å². The summed E-state index contributed by atoms with van der Waals surface area (Å²) in [5, 5.41) is 8.89. The minimum atomic E-state index is -4.53. The van der Waals surface area contributed by atoms with Gasteiger partial charge in [-0.1, -0.05) is 17.7 Å². The molecule has 1 aliphatic heterocycles. The Hall–Kier alpha value is -1.29. The second-order valence-electron chi connectivity index (χ2n) is 4.42. The molecule has 0 radical (unpaired) electrons. The summed E-state index contributed by atoms with van der Waals surface area (Å²) in [6.45, 7) is 1.97. The summed E-state index contributed by atoms with van der Waals surface area (Å²) in [6.07, 6.45) is -4.53. The van der Waals surface area contributed by atoms with Gasteiger partial charge in [-0.2, -0.15) is 18.4 Å². The number of hydrogen-bond acceptors (Lipinski definition) is 3. The van der Waals surface area contributed by atoms with Crippen molar-refractivity contribution in [3.8, 4) is 6.07 Å². The molecule has 0 spiro atoms. The van der Waals surface area contributed by atoms with Crippen LogP contribution in [0.5, 0.6) is 0 Å². The van der Waals surface area contributed by atoms with Crippen LogP contribution in [0, 0.1) is 11.3 Å². The summed E-state index contributed by atoms with van der Waals surface area (Å²) >= 11 is 5.58. The van der Waals surface area contributed by atoms with Crippen LogP contribution in [0.15, 0.2) is 18.2 Å². The van der Waals surface area contributed by atoms with E-state index >= 15 is 0 Å². The lowest BCUT2D eigenvalue weighted by molar-refractivity contribution is -0.137. The van der Waals surface area contributed by atoms with Crippen LogP contribution in [-0.4, -0.2) is 31.2 Å². The molecule has 0 bridgehead atoms. The van der Waals surface area contributed by atoms with E-state index in [0.717, 1.165) is 6.07 Å². The minimum Gasteiger partial charge on any atom is -0.379 e. The van der Waals surface area contributed by atoms with Gasteiger partial charge in [0.1, 0.15) is 6.04 Å². The topological polar surface area (TPSA) is 36.3 Å². The fourth-order valence-electron chi connectivity index (χ4n) is 2.13. The molecule has 0 saturated carbocycles. The monoisotopic (exact) mass is 304 g/mol. The molecule has 1 heterocycles. The summed E-state index contributed by atoms with van der Waals surface area (Å²) in [4.78, 5) is 1.80. The van der Waals surface area contributed by atoms with Crippen LogP contribution in [0.25, 0.3) is 0 Å². The molecule has 0 N–H and O–H groups in total. The minimum absolute atomic E-state index is 0.297. The summed E-state index contributed by atoms with van der Waals surface area (Å²) in [6, 6.07) is 4.92. The Morgan fingerprint density at radius 1 is 1.30 bits per heavy atom. The molecule has 1 aliphatic rings. The van der Waals surface area contributed by atoms with E-state index in [-0.39, 0.29) is 5.02 Å². The predicted octanol–water partition coefficient (Wildman–Crippen LogP) is 3.26. The summed E-state index contributed by atoms with van der Waals surface area (Å²) in [5.74, 6) is 0. The molecule has 1 aromatic carbocycles. The van der Waals surface area contributed by atoms with Crippen LogP contribution in [0.3, 0.4) is 0 Å². The number of ether oxygens (including phenoxy) is 1. The Morgan fingerprint density at radius 2 is 1.95 bits per heavy atom. The third-order valence-electron chi connectivity index (χ3n) is 3.14. The van der Waals surface area contributed by atoms with E-state index in [4.69, 9.17) is 16.3 Å². The Morgan fingerprint density at radius 3 is 2.50 bits per heavy atom. The molecule has 1 aromatic rings. The second-order valence-corrected chi connectivity index (χ2v) is 4.82. The lowest BCUT2D eigenvalue weighted by Crippen LogP contribution is -2.38. The van der Waals surface area contributed by atoms with Crippen molar-refractivity contribution in [3.63, 3.8) is 0 Å². The van der Waals surface area contributed by atoms with Gasteiger partial charge in [0, 0.05) is 13.1 Å². The molecule has 7 heteroatoms. The highest BCUT2D eigenvalue weighted by molar-refractivity contribution is 6.31. The smallest absolute Gasteiger partial charge is 0.379 e. The van der Waals surface area contributed by atoms with Crippen molar-refractivity contribution in [2.24, 2.45) is 0 Å². The quantitative estimate of drug-likeness (QED) is 0.841. The Bertz CT molecular complexity index is 521. The third kappa shape index (κ3) is 3.23. The van der Waals surface area contributed by atoms with Crippen LogP contribution in [0.1, 0.15) is 17.2 Å². The van der Waals surface area contributed by atoms with Crippen molar-refractivity contribution >= 4 is 11.6 Å². The number of benzene rings is 1. The van der Waals surface area contributed by atoms with Crippen LogP contribution < -0.4 is 0 Å². The van der Waals surface area contributed by atoms with Gasteiger partial charge in [0.05, 0.1) is 29.9 Å². The number of nitrogens with zero attached hydrogens (tertiary/aromatic N) is 2. The number of halogens is 4. The fraction of sp³-hybridized carbons (Fsp3) is 0.462. The summed E-state index contributed by atoms with van der Waals surface area (Å²) in [7, 11) is 0. The largest absolute Gasteiger partial charge is 0.417 e. The van der Waals surface area contributed by atoms with Crippen molar-refractivity contribution in [2.45, 2.75) is 12.2 Å². The summed E-state index contributed by atoms with van der Waals surface area (Å²) in [5.41, 5.74) is -0.615. The van der Waals surface area contributed by atoms with E-state index < -0.39 is 17.8 Å². The molecular weight excluding hydrogens is 293 g/mol. The second kappa shape index (κ2) is 6.00. The first kappa shape index (κ1) is 15.1. The summed E-state index contributed by atoms with van der Waals surface area (Å²) < 4.78 is 43.7. The van der Waals surface area contributed by atoms with Crippen LogP contribution in [-0.2, 0) is 10.9 Å². The molecule has 20 heavy (non-hydrogen) atoms. The highest BCUT2D eigenvalue weighted by Gasteiger charge is 2.34. The van der Waals surface area contributed by atoms with E-state index in [1.54, 1.807) is 4.90 Å². The van der Waals surface area contributed by atoms with Crippen LogP contribution >= 0.6 is 11.6 Å². The van der Waals surface area contributed by atoms with Crippen molar-refractivity contribution in [1.29, 1.82) is 5.26 Å². The standard InChI is InChI=1S/C13H12ClF3N2O/c14-11-2-1-9(7-10(11)13(15,16)17)12(8-18)19-3-5-20-6-4-19/h1-2,7,12H,3-6H2. The number of nitriles is 1. The van der Waals surface area contributed by atoms with Crippen molar-refractivity contribution in [1.82, 2.24) is 4.90 Å². The van der Waals surface area contributed by atoms with Gasteiger partial charge in [-0.3, -0.25) is 4.90 Å². The molecule has 1 fully saturated rings. The zero-order chi connectivity index (χ0) is 14.8. The van der Waals surface area contributed by atoms with E-state index in [2.05, 4.69) is 0 Å². The first-order valence-electron chi connectivity index (χ1n) is 6.01. The molecule has 1 atom stereocenters. The number of alkyl halides is 3. The maximum absolute atomic E-state index is 12.8. The molecule has 3 nitrogen and oxygen atoms in total. The van der Waals surface area contributed by atoms with Gasteiger partial charge in [-0.25, -0.2) is 0 Å². The van der Waals surface area contributed by atoms with Crippen LogP contribution in [0.2, 0.25) is 5.02 Å². The molecular formula is C13H12ClF3N2O. The number of morpholine rings is 1. The van der Waals surface area contributed by atoms with Gasteiger partial charge >= 0.3 is 6.18 Å². The molecule has 2 rings (SSSR count). The number of rotatable bonds is 2. The van der Waals surface area contributed by atoms with E-state index in [0.29, 0.717) is 31.9 Å². The molecule has 0 aromatic heterocycles. The van der Waals surface area contributed by atoms with Crippen molar-refractivity contribution in [2.75, 3.05) is 26.3 Å². The Balaban J connectivity index is 2.33. The van der Waals surface area contributed by atoms with Gasteiger partial charge in [-0.15, -0.1) is 0 Å². The average molecular weight is 305 g/mol. The normalized spacial score (nSPS) is 18.6. The van der Waals surface area contributed by atoms with Crippen molar-refractivity contribution in [3.05, 3.63) is 34.3 Å². The van der Waals surface area contributed by atoms with E-state index in [1.807, 2.05) is 6.07 Å². The first-order valence-corrected chi connectivity index (χ1v) is 6.39. The van der Waals surface area contributed by atoms with Gasteiger partial charge in [-0.05, 0) is 17.7 Å². The molecule has 108 valence electrons. The Kier molecular flexibility index (Phi) is 4.53. The lowest BCUT2D eigenvalue weighted by Gasteiger charge is -2.31. The molecule has 1 saturated heterocycles. The van der Waals surface area contributed by atoms with Gasteiger partial charge in [0.15, 0.2) is 0 Å². The third-order valence-corrected chi connectivity index (χ3v) is 3.47. The SMILES string of the molecule is N#CC(c1ccc(Cl)c(C(F)(F)F)c1)N1CCOCC1. The lowest BCUT2D eigenvalue weighted by atomic mass is 10.0. The first-order chi connectivity index (χ1) is 9.43. The van der Waals surface area contributed by atoms with E-state index in [1.165, 1.54) is 12.1 Å². The molecule has 0 amide bonds. The number of hydrogen-bond donors (Lipinski definition) is 0. The highest BCUT2D eigenvalue weighted by Crippen LogP contribution is 2.36. The van der Waals surface area contributed by atoms with Gasteiger partial charge in [0.25, 0.3) is 0 Å². The average Bonchev–Trinajstić information content (AvgIpc) is 2.41. The molecule has 0 aliphatic carbocycles. The fourth-order valence-corrected chi connectivity index (χ4v) is 2.36. The zero-order valence-electron chi connectivity index (χ0n) is 10.5. The maximum atomic E-state index is 12.8. The highest BCUT2D eigenvalue weighted by atomic mass is 35.5. The molecule has 1 unspecified atom stereocenters. The van der Waals surface area contributed by atoms with Gasteiger partial charge < -0.3 is 4.74 Å². The predicted molar refractivity (Wildman–Crippen MR) is 67.2 cm³/mol. The maximum Gasteiger partial charge on any atom is 0.417 e. The Labute approximate surface area is 119 Å². The van der Waals surface area contributed by atoms with Crippen LogP contribution in [0.4, 0.5) is 13.2 Å².